The summed E-state index contributed by atoms with van der Waals surface area (Å²) in [6.07, 6.45) is 12.3. The first kappa shape index (κ1) is 28.1. The molecule has 1 nitrogen and oxygen atoms in total. The molecule has 5 rings (SSSR count). The van der Waals surface area contributed by atoms with Gasteiger partial charge in [0, 0.05) is 11.0 Å². The number of benzene rings is 4. The summed E-state index contributed by atoms with van der Waals surface area (Å²) < 4.78 is 19.5. The topological polar surface area (TPSA) is 9.23 Å². The Labute approximate surface area is 240 Å². The smallest absolute Gasteiger partial charge is 0.126 e. The number of halogens is 1. The number of hydrogen-bond donors (Lipinski definition) is 0. The molecule has 0 saturated heterocycles. The molecule has 0 saturated carbocycles. The third-order valence-corrected chi connectivity index (χ3v) is 8.87. The maximum absolute atomic E-state index is 13.8. The van der Waals surface area contributed by atoms with Gasteiger partial charge in [-0.05, 0) is 82.1 Å². The fourth-order valence-corrected chi connectivity index (χ4v) is 6.74. The predicted molar refractivity (Wildman–Crippen MR) is 168 cm³/mol. The maximum Gasteiger partial charge on any atom is 0.126 e. The molecule has 1 aliphatic carbocycles. The van der Waals surface area contributed by atoms with Gasteiger partial charge in [-0.3, -0.25) is 0 Å². The highest BCUT2D eigenvalue weighted by atomic mass is 19.1. The second-order valence-electron chi connectivity index (χ2n) is 11.4. The SMILES string of the molecule is CCCCCCC1(CCCCCC)c2cc(-c3ccc(F)cc3)ccc2-c2ccc(-c3ccccc3OC)cc21. The summed E-state index contributed by atoms with van der Waals surface area (Å²) in [5.74, 6) is 0.718. The van der Waals surface area contributed by atoms with Crippen LogP contribution in [0.5, 0.6) is 5.75 Å². The zero-order valence-electron chi connectivity index (χ0n) is 24.4. The molecule has 2 heteroatoms. The van der Waals surface area contributed by atoms with Crippen LogP contribution in [-0.4, -0.2) is 7.11 Å². The molecule has 1 aliphatic rings. The van der Waals surface area contributed by atoms with E-state index in [0.717, 1.165) is 29.7 Å². The molecule has 0 N–H and O–H groups in total. The number of fused-ring (bicyclic) bond motifs is 3. The van der Waals surface area contributed by atoms with E-state index in [4.69, 9.17) is 4.74 Å². The van der Waals surface area contributed by atoms with Crippen LogP contribution in [0, 0.1) is 5.82 Å². The zero-order valence-corrected chi connectivity index (χ0v) is 24.4. The zero-order chi connectivity index (χ0) is 28.0. The quantitative estimate of drug-likeness (QED) is 0.155. The molecule has 40 heavy (non-hydrogen) atoms. The van der Waals surface area contributed by atoms with Gasteiger partial charge in [0.05, 0.1) is 7.11 Å². The lowest BCUT2D eigenvalue weighted by molar-refractivity contribution is 0.401. The van der Waals surface area contributed by atoms with E-state index in [9.17, 15) is 4.39 Å². The lowest BCUT2D eigenvalue weighted by Gasteiger charge is -2.33. The van der Waals surface area contributed by atoms with Crippen molar-refractivity contribution in [2.45, 2.75) is 83.5 Å². The van der Waals surface area contributed by atoms with Crippen molar-refractivity contribution in [1.82, 2.24) is 0 Å². The summed E-state index contributed by atoms with van der Waals surface area (Å²) in [5, 5.41) is 0. The van der Waals surface area contributed by atoms with E-state index in [2.05, 4.69) is 68.4 Å². The van der Waals surface area contributed by atoms with Crippen LogP contribution in [0.2, 0.25) is 0 Å². The van der Waals surface area contributed by atoms with Crippen LogP contribution in [0.3, 0.4) is 0 Å². The summed E-state index contributed by atoms with van der Waals surface area (Å²) in [4.78, 5) is 0. The van der Waals surface area contributed by atoms with Crippen LogP contribution >= 0.6 is 0 Å². The molecule has 4 aromatic carbocycles. The second-order valence-corrected chi connectivity index (χ2v) is 11.4. The molecule has 0 amide bonds. The van der Waals surface area contributed by atoms with Gasteiger partial charge in [0.15, 0.2) is 0 Å². The van der Waals surface area contributed by atoms with Crippen molar-refractivity contribution in [1.29, 1.82) is 0 Å². The molecule has 0 atom stereocenters. The molecule has 0 aliphatic heterocycles. The summed E-state index contributed by atoms with van der Waals surface area (Å²) in [7, 11) is 1.75. The van der Waals surface area contributed by atoms with Gasteiger partial charge in [0.25, 0.3) is 0 Å². The summed E-state index contributed by atoms with van der Waals surface area (Å²) >= 11 is 0. The Balaban J connectivity index is 1.66. The Morgan fingerprint density at radius 2 is 1.12 bits per heavy atom. The molecule has 0 radical (unpaired) electrons. The Morgan fingerprint density at radius 3 is 1.73 bits per heavy atom. The van der Waals surface area contributed by atoms with E-state index in [0.29, 0.717) is 0 Å². The molecule has 0 fully saturated rings. The monoisotopic (exact) mass is 534 g/mol. The maximum atomic E-state index is 13.8. The molecule has 0 spiro atoms. The molecule has 208 valence electrons. The number of para-hydroxylation sites is 1. The third kappa shape index (κ3) is 5.59. The minimum atomic E-state index is -0.192. The van der Waals surface area contributed by atoms with Crippen LogP contribution in [0.15, 0.2) is 84.9 Å². The van der Waals surface area contributed by atoms with Crippen molar-refractivity contribution in [3.05, 3.63) is 102 Å². The number of ether oxygens (including phenoxy) is 1. The summed E-state index contributed by atoms with van der Waals surface area (Å²) in [6, 6.07) is 29.3. The number of methoxy groups -OCH3 is 1. The highest BCUT2D eigenvalue weighted by Gasteiger charge is 2.42. The highest BCUT2D eigenvalue weighted by Crippen LogP contribution is 2.56. The summed E-state index contributed by atoms with van der Waals surface area (Å²) in [5.41, 5.74) is 10.2. The van der Waals surface area contributed by atoms with Gasteiger partial charge < -0.3 is 4.74 Å². The van der Waals surface area contributed by atoms with Gasteiger partial charge in [-0.1, -0.05) is 120 Å². The molecular formula is C38H43FO. The summed E-state index contributed by atoms with van der Waals surface area (Å²) in [6.45, 7) is 4.57. The average molecular weight is 535 g/mol. The van der Waals surface area contributed by atoms with Crippen molar-refractivity contribution in [2.24, 2.45) is 0 Å². The van der Waals surface area contributed by atoms with Gasteiger partial charge in [-0.15, -0.1) is 0 Å². The largest absolute Gasteiger partial charge is 0.496 e. The van der Waals surface area contributed by atoms with Crippen LogP contribution in [0.4, 0.5) is 4.39 Å². The fourth-order valence-electron chi connectivity index (χ4n) is 6.74. The number of rotatable bonds is 13. The van der Waals surface area contributed by atoms with E-state index in [1.807, 2.05) is 18.2 Å². The van der Waals surface area contributed by atoms with E-state index < -0.39 is 0 Å². The van der Waals surface area contributed by atoms with Crippen molar-refractivity contribution in [3.63, 3.8) is 0 Å². The minimum Gasteiger partial charge on any atom is -0.496 e. The van der Waals surface area contributed by atoms with Crippen molar-refractivity contribution in [3.8, 4) is 39.1 Å². The average Bonchev–Trinajstić information content (AvgIpc) is 3.26. The lowest BCUT2D eigenvalue weighted by Crippen LogP contribution is -2.25. The number of hydrogen-bond acceptors (Lipinski definition) is 1. The van der Waals surface area contributed by atoms with Crippen LogP contribution in [0.25, 0.3) is 33.4 Å². The Morgan fingerprint density at radius 1 is 0.575 bits per heavy atom. The third-order valence-electron chi connectivity index (χ3n) is 8.87. The normalized spacial score (nSPS) is 13.2. The van der Waals surface area contributed by atoms with Crippen LogP contribution < -0.4 is 4.74 Å². The first-order chi connectivity index (χ1) is 19.6. The van der Waals surface area contributed by atoms with E-state index in [1.54, 1.807) is 19.2 Å². The van der Waals surface area contributed by atoms with Crippen LogP contribution in [0.1, 0.15) is 89.2 Å². The molecule has 0 unspecified atom stereocenters. The van der Waals surface area contributed by atoms with E-state index >= 15 is 0 Å². The van der Waals surface area contributed by atoms with Gasteiger partial charge in [0.1, 0.15) is 11.6 Å². The highest BCUT2D eigenvalue weighted by molar-refractivity contribution is 5.86. The standard InChI is InChI=1S/C38H43FO/c1-4-6-8-12-24-38(25-13-9-7-5-2)35-26-29(28-16-20-31(39)21-17-28)18-22-33(35)34-23-19-30(27-36(34)38)32-14-10-11-15-37(32)40-3/h10-11,14-23,26-27H,4-9,12-13,24-25H2,1-3H3. The van der Waals surface area contributed by atoms with Crippen LogP contribution in [-0.2, 0) is 5.41 Å². The van der Waals surface area contributed by atoms with Crippen molar-refractivity contribution >= 4 is 0 Å². The molecular weight excluding hydrogens is 491 g/mol. The van der Waals surface area contributed by atoms with Crippen molar-refractivity contribution < 1.29 is 9.13 Å². The second kappa shape index (κ2) is 12.9. The van der Waals surface area contributed by atoms with Gasteiger partial charge in [-0.2, -0.15) is 0 Å². The minimum absolute atomic E-state index is 0.0276. The molecule has 0 aromatic heterocycles. The van der Waals surface area contributed by atoms with E-state index in [-0.39, 0.29) is 11.2 Å². The van der Waals surface area contributed by atoms with Gasteiger partial charge in [-0.25, -0.2) is 4.39 Å². The Kier molecular flexibility index (Phi) is 9.04. The molecule has 4 aromatic rings. The molecule has 0 bridgehead atoms. The van der Waals surface area contributed by atoms with Crippen molar-refractivity contribution in [2.75, 3.05) is 7.11 Å². The van der Waals surface area contributed by atoms with Gasteiger partial charge in [0.2, 0.25) is 0 Å². The van der Waals surface area contributed by atoms with E-state index in [1.165, 1.54) is 84.7 Å². The Bertz CT molecular complexity index is 1410. The first-order valence-corrected chi connectivity index (χ1v) is 15.3. The van der Waals surface area contributed by atoms with Gasteiger partial charge >= 0.3 is 0 Å². The first-order valence-electron chi connectivity index (χ1n) is 15.3. The molecule has 0 heterocycles. The lowest BCUT2D eigenvalue weighted by atomic mass is 9.70. The number of unbranched alkanes of at least 4 members (excludes halogenated alkanes) is 6. The Hall–Kier alpha value is -3.39. The predicted octanol–water partition coefficient (Wildman–Crippen LogP) is 11.4. The fraction of sp³-hybridized carbons (Fsp3) is 0.368.